The lowest BCUT2D eigenvalue weighted by atomic mass is 9.99. The number of rotatable bonds is 11. The predicted molar refractivity (Wildman–Crippen MR) is 146 cm³/mol. The van der Waals surface area contributed by atoms with Gasteiger partial charge in [-0.2, -0.15) is 0 Å². The Hall–Kier alpha value is -3.62. The topological polar surface area (TPSA) is 105 Å². The van der Waals surface area contributed by atoms with Crippen molar-refractivity contribution in [3.63, 3.8) is 0 Å². The minimum atomic E-state index is -0.201. The highest BCUT2D eigenvalue weighted by molar-refractivity contribution is 6.36. The first-order chi connectivity index (χ1) is 17.9. The lowest BCUT2D eigenvalue weighted by Crippen LogP contribution is -2.33. The van der Waals surface area contributed by atoms with Gasteiger partial charge in [-0.25, -0.2) is 5.10 Å². The molecule has 0 aliphatic heterocycles. The molecule has 3 aromatic carbocycles. The zero-order valence-corrected chi connectivity index (χ0v) is 22.1. The molecule has 2 unspecified atom stereocenters. The summed E-state index contributed by atoms with van der Waals surface area (Å²) >= 11 is 12.4. The number of hydrogen-bond donors (Lipinski definition) is 3. The molecule has 10 heteroatoms. The van der Waals surface area contributed by atoms with E-state index < -0.39 is 0 Å². The summed E-state index contributed by atoms with van der Waals surface area (Å²) in [5.41, 5.74) is 3.38. The molecular formula is C27H28Cl2N6O2. The summed E-state index contributed by atoms with van der Waals surface area (Å²) in [5, 5.41) is 20.9. The van der Waals surface area contributed by atoms with Gasteiger partial charge >= 0.3 is 0 Å². The second-order valence-electron chi connectivity index (χ2n) is 8.70. The molecule has 0 bridgehead atoms. The van der Waals surface area contributed by atoms with Crippen LogP contribution in [-0.2, 0) is 6.54 Å². The van der Waals surface area contributed by atoms with Crippen molar-refractivity contribution >= 4 is 34.8 Å². The van der Waals surface area contributed by atoms with Crippen LogP contribution < -0.4 is 15.4 Å². The zero-order valence-electron chi connectivity index (χ0n) is 20.5. The summed E-state index contributed by atoms with van der Waals surface area (Å²) < 4.78 is 6.13. The molecule has 192 valence electrons. The van der Waals surface area contributed by atoms with E-state index in [1.165, 1.54) is 0 Å². The van der Waals surface area contributed by atoms with E-state index in [0.29, 0.717) is 34.0 Å². The van der Waals surface area contributed by atoms with Crippen LogP contribution in [0.25, 0.3) is 11.1 Å². The average molecular weight is 539 g/mol. The van der Waals surface area contributed by atoms with Gasteiger partial charge in [0.2, 0.25) is 0 Å². The van der Waals surface area contributed by atoms with E-state index in [1.54, 1.807) is 18.2 Å². The third kappa shape index (κ3) is 7.21. The molecule has 8 nitrogen and oxygen atoms in total. The van der Waals surface area contributed by atoms with Gasteiger partial charge in [-0.15, -0.1) is 5.10 Å². The summed E-state index contributed by atoms with van der Waals surface area (Å²) in [6, 6.07) is 20.8. The molecule has 2 atom stereocenters. The number of carbonyl (C=O) groups excluding carboxylic acids is 1. The summed E-state index contributed by atoms with van der Waals surface area (Å²) in [4.78, 5) is 12.4. The summed E-state index contributed by atoms with van der Waals surface area (Å²) in [6.45, 7) is 5.06. The van der Waals surface area contributed by atoms with Crippen LogP contribution in [0.3, 0.4) is 0 Å². The number of halogens is 2. The normalized spacial score (nSPS) is 12.5. The second-order valence-corrected chi connectivity index (χ2v) is 9.55. The van der Waals surface area contributed by atoms with Crippen molar-refractivity contribution in [2.45, 2.75) is 32.9 Å². The number of tetrazole rings is 1. The Morgan fingerprint density at radius 3 is 2.46 bits per heavy atom. The largest absolute Gasteiger partial charge is 0.491 e. The van der Waals surface area contributed by atoms with Crippen molar-refractivity contribution in [1.29, 1.82) is 0 Å². The van der Waals surface area contributed by atoms with Gasteiger partial charge in [-0.05, 0) is 70.4 Å². The van der Waals surface area contributed by atoms with Crippen molar-refractivity contribution in [2.24, 2.45) is 5.92 Å². The van der Waals surface area contributed by atoms with Gasteiger partial charge in [-0.1, -0.05) is 61.7 Å². The van der Waals surface area contributed by atoms with Gasteiger partial charge in [0, 0.05) is 26.9 Å². The number of amides is 1. The molecule has 37 heavy (non-hydrogen) atoms. The molecule has 0 fully saturated rings. The third-order valence-electron chi connectivity index (χ3n) is 6.16. The van der Waals surface area contributed by atoms with Crippen molar-refractivity contribution in [3.05, 3.63) is 88.2 Å². The van der Waals surface area contributed by atoms with Crippen LogP contribution in [0.4, 0.5) is 5.69 Å². The number of nitrogens with zero attached hydrogens (tertiary/aromatic N) is 3. The number of carbonyl (C=O) groups is 1. The number of aromatic amines is 1. The molecule has 0 spiro atoms. The maximum atomic E-state index is 12.4. The Morgan fingerprint density at radius 1 is 1.05 bits per heavy atom. The first kappa shape index (κ1) is 26.4. The van der Waals surface area contributed by atoms with Crippen LogP contribution in [-0.4, -0.2) is 39.2 Å². The van der Waals surface area contributed by atoms with Crippen molar-refractivity contribution in [2.75, 3.05) is 11.9 Å². The van der Waals surface area contributed by atoms with E-state index in [1.807, 2.05) is 48.5 Å². The summed E-state index contributed by atoms with van der Waals surface area (Å²) in [6.07, 6.45) is 0.992. The molecule has 0 aliphatic carbocycles. The highest BCUT2D eigenvalue weighted by Gasteiger charge is 2.17. The van der Waals surface area contributed by atoms with Gasteiger partial charge in [0.15, 0.2) is 5.82 Å². The predicted octanol–water partition coefficient (Wildman–Crippen LogP) is 6.01. The molecule has 1 heterocycles. The van der Waals surface area contributed by atoms with Crippen molar-refractivity contribution in [1.82, 2.24) is 25.9 Å². The fourth-order valence-electron chi connectivity index (χ4n) is 3.72. The van der Waals surface area contributed by atoms with E-state index in [0.717, 1.165) is 29.0 Å². The Bertz CT molecular complexity index is 1300. The number of anilines is 1. The number of aromatic nitrogens is 4. The SMILES string of the molecule is CCC(C)C(COc1ccc(-c2ccc(Cl)cc2Cl)cc1)Nc1ccc(C(=O)NCc2nnn[nH]2)cc1. The molecule has 1 aromatic heterocycles. The molecule has 4 rings (SSSR count). The maximum Gasteiger partial charge on any atom is 0.251 e. The first-order valence-electron chi connectivity index (χ1n) is 12.0. The zero-order chi connectivity index (χ0) is 26.2. The molecule has 0 saturated heterocycles. The lowest BCUT2D eigenvalue weighted by molar-refractivity contribution is 0.0950. The summed E-state index contributed by atoms with van der Waals surface area (Å²) in [7, 11) is 0. The van der Waals surface area contributed by atoms with Crippen molar-refractivity contribution < 1.29 is 9.53 Å². The molecule has 1 amide bonds. The van der Waals surface area contributed by atoms with Gasteiger partial charge in [0.05, 0.1) is 12.6 Å². The minimum Gasteiger partial charge on any atom is -0.491 e. The Morgan fingerprint density at radius 2 is 1.81 bits per heavy atom. The smallest absolute Gasteiger partial charge is 0.251 e. The van der Waals surface area contributed by atoms with Crippen LogP contribution >= 0.6 is 23.2 Å². The standard InChI is InChI=1S/C27H28Cl2N6O2/c1-3-17(2)25(16-37-22-11-6-18(7-12-22)23-13-8-20(28)14-24(23)29)31-21-9-4-19(5-10-21)27(36)30-15-26-32-34-35-33-26/h4-14,17,25,31H,3,15-16H2,1-2H3,(H,30,36)(H,32,33,34,35). The van der Waals surface area contributed by atoms with Crippen LogP contribution in [0.5, 0.6) is 5.75 Å². The van der Waals surface area contributed by atoms with E-state index in [-0.39, 0.29) is 18.5 Å². The first-order valence-corrected chi connectivity index (χ1v) is 12.7. The molecule has 0 saturated carbocycles. The lowest BCUT2D eigenvalue weighted by Gasteiger charge is -2.25. The van der Waals surface area contributed by atoms with E-state index >= 15 is 0 Å². The van der Waals surface area contributed by atoms with E-state index in [2.05, 4.69) is 45.1 Å². The number of ether oxygens (including phenoxy) is 1. The number of hydrogen-bond acceptors (Lipinski definition) is 6. The molecule has 4 aromatic rings. The van der Waals surface area contributed by atoms with Gasteiger partial charge in [-0.3, -0.25) is 4.79 Å². The highest BCUT2D eigenvalue weighted by atomic mass is 35.5. The van der Waals surface area contributed by atoms with Crippen LogP contribution in [0.15, 0.2) is 66.7 Å². The quantitative estimate of drug-likeness (QED) is 0.216. The number of H-pyrrole nitrogens is 1. The van der Waals surface area contributed by atoms with E-state index in [9.17, 15) is 4.79 Å². The number of nitrogens with one attached hydrogen (secondary N) is 3. The molecular weight excluding hydrogens is 511 g/mol. The Kier molecular flexibility index (Phi) is 8.98. The van der Waals surface area contributed by atoms with Crippen LogP contribution in [0.2, 0.25) is 10.0 Å². The number of benzene rings is 3. The van der Waals surface area contributed by atoms with Gasteiger partial charge in [0.25, 0.3) is 5.91 Å². The maximum absolute atomic E-state index is 12.4. The fourth-order valence-corrected chi connectivity index (χ4v) is 4.24. The minimum absolute atomic E-state index is 0.0778. The van der Waals surface area contributed by atoms with E-state index in [4.69, 9.17) is 27.9 Å². The van der Waals surface area contributed by atoms with Crippen molar-refractivity contribution in [3.8, 4) is 16.9 Å². The Balaban J connectivity index is 1.34. The third-order valence-corrected chi connectivity index (χ3v) is 6.71. The molecule has 0 radical (unpaired) electrons. The van der Waals surface area contributed by atoms with Crippen LogP contribution in [0, 0.1) is 5.92 Å². The van der Waals surface area contributed by atoms with Gasteiger partial charge < -0.3 is 15.4 Å². The monoisotopic (exact) mass is 538 g/mol. The summed E-state index contributed by atoms with van der Waals surface area (Å²) in [5.74, 6) is 1.43. The highest BCUT2D eigenvalue weighted by Crippen LogP contribution is 2.31. The average Bonchev–Trinajstić information content (AvgIpc) is 3.44. The van der Waals surface area contributed by atoms with Crippen LogP contribution in [0.1, 0.15) is 36.5 Å². The molecule has 3 N–H and O–H groups in total. The Labute approximate surface area is 225 Å². The molecule has 0 aliphatic rings. The fraction of sp³-hybridized carbons (Fsp3) is 0.259. The second kappa shape index (κ2) is 12.6. The van der Waals surface area contributed by atoms with Gasteiger partial charge in [0.1, 0.15) is 12.4 Å².